The molecule has 1 saturated heterocycles. The lowest BCUT2D eigenvalue weighted by atomic mass is 10.0. The minimum Gasteiger partial charge on any atom is -0.377 e. The molecule has 0 bridgehead atoms. The van der Waals surface area contributed by atoms with Gasteiger partial charge in [0.05, 0.1) is 30.4 Å². The van der Waals surface area contributed by atoms with Crippen LogP contribution in [0.3, 0.4) is 0 Å². The molecule has 1 unspecified atom stereocenters. The zero-order valence-corrected chi connectivity index (χ0v) is 13.0. The van der Waals surface area contributed by atoms with Gasteiger partial charge in [0.2, 0.25) is 0 Å². The summed E-state index contributed by atoms with van der Waals surface area (Å²) in [4.78, 5) is 14.0. The number of hydrogen-bond acceptors (Lipinski definition) is 2. The molecule has 0 spiro atoms. The van der Waals surface area contributed by atoms with Crippen molar-refractivity contribution in [3.05, 3.63) is 33.8 Å². The smallest absolute Gasteiger partial charge is 0.377 e. The summed E-state index contributed by atoms with van der Waals surface area (Å²) in [6, 6.07) is 3.42. The second-order valence-electron chi connectivity index (χ2n) is 4.82. The standard InChI is InChI=1S/C14H15BrF3NO2/c1-2-10-8-21-6-5-19(10)13(20)11-4-3-9(15)7-12(11)14(16,17)18/h3-4,7,10H,2,5-6,8H2,1H3. The Labute approximate surface area is 129 Å². The van der Waals surface area contributed by atoms with Crippen LogP contribution in [0.25, 0.3) is 0 Å². The van der Waals surface area contributed by atoms with Crippen molar-refractivity contribution in [1.29, 1.82) is 0 Å². The molecule has 3 nitrogen and oxygen atoms in total. The van der Waals surface area contributed by atoms with Gasteiger partial charge in [0.15, 0.2) is 0 Å². The zero-order chi connectivity index (χ0) is 15.6. The number of nitrogens with zero attached hydrogens (tertiary/aromatic N) is 1. The Hall–Kier alpha value is -1.08. The molecule has 0 aliphatic carbocycles. The first-order chi connectivity index (χ1) is 9.84. The zero-order valence-electron chi connectivity index (χ0n) is 11.4. The molecule has 0 aromatic heterocycles. The SMILES string of the molecule is CCC1COCCN1C(=O)c1ccc(Br)cc1C(F)(F)F. The monoisotopic (exact) mass is 365 g/mol. The van der Waals surface area contributed by atoms with Crippen molar-refractivity contribution in [1.82, 2.24) is 4.90 Å². The van der Waals surface area contributed by atoms with Gasteiger partial charge in [-0.25, -0.2) is 0 Å². The Balaban J connectivity index is 2.39. The topological polar surface area (TPSA) is 29.5 Å². The molecule has 1 aromatic rings. The van der Waals surface area contributed by atoms with Crippen LogP contribution in [0.5, 0.6) is 0 Å². The Bertz CT molecular complexity index is 533. The number of ether oxygens (including phenoxy) is 1. The molecule has 1 amide bonds. The Morgan fingerprint density at radius 3 is 2.81 bits per heavy atom. The number of amides is 1. The van der Waals surface area contributed by atoms with Crippen molar-refractivity contribution in [2.45, 2.75) is 25.6 Å². The van der Waals surface area contributed by atoms with E-state index in [-0.39, 0.29) is 11.6 Å². The van der Waals surface area contributed by atoms with Crippen LogP contribution in [0.1, 0.15) is 29.3 Å². The van der Waals surface area contributed by atoms with Crippen LogP contribution in [-0.2, 0) is 10.9 Å². The first kappa shape index (κ1) is 16.3. The predicted octanol–water partition coefficient (Wildman–Crippen LogP) is 3.72. The summed E-state index contributed by atoms with van der Waals surface area (Å²) in [6.45, 7) is 2.90. The van der Waals surface area contributed by atoms with E-state index in [1.165, 1.54) is 17.0 Å². The van der Waals surface area contributed by atoms with Gasteiger partial charge in [-0.1, -0.05) is 22.9 Å². The van der Waals surface area contributed by atoms with Crippen LogP contribution in [-0.4, -0.2) is 36.6 Å². The molecule has 2 rings (SSSR count). The maximum atomic E-state index is 13.1. The first-order valence-electron chi connectivity index (χ1n) is 6.60. The van der Waals surface area contributed by atoms with Gasteiger partial charge in [-0.3, -0.25) is 4.79 Å². The predicted molar refractivity (Wildman–Crippen MR) is 75.1 cm³/mol. The molecule has 116 valence electrons. The highest BCUT2D eigenvalue weighted by atomic mass is 79.9. The van der Waals surface area contributed by atoms with Crippen molar-refractivity contribution >= 4 is 21.8 Å². The Morgan fingerprint density at radius 2 is 2.19 bits per heavy atom. The summed E-state index contributed by atoms with van der Waals surface area (Å²) in [7, 11) is 0. The maximum absolute atomic E-state index is 13.1. The van der Waals surface area contributed by atoms with Crippen molar-refractivity contribution in [2.24, 2.45) is 0 Å². The average Bonchev–Trinajstić information content (AvgIpc) is 2.45. The van der Waals surface area contributed by atoms with Gasteiger partial charge in [-0.2, -0.15) is 13.2 Å². The fourth-order valence-electron chi connectivity index (χ4n) is 2.35. The van der Waals surface area contributed by atoms with E-state index in [1.54, 1.807) is 0 Å². The minimum absolute atomic E-state index is 0.184. The number of carbonyl (C=O) groups excluding carboxylic acids is 1. The molecule has 1 fully saturated rings. The summed E-state index contributed by atoms with van der Waals surface area (Å²) < 4.78 is 44.9. The van der Waals surface area contributed by atoms with Crippen LogP contribution in [0.15, 0.2) is 22.7 Å². The van der Waals surface area contributed by atoms with E-state index < -0.39 is 17.6 Å². The van der Waals surface area contributed by atoms with Gasteiger partial charge in [0.1, 0.15) is 0 Å². The van der Waals surface area contributed by atoms with E-state index in [9.17, 15) is 18.0 Å². The van der Waals surface area contributed by atoms with E-state index in [4.69, 9.17) is 4.74 Å². The van der Waals surface area contributed by atoms with Crippen LogP contribution < -0.4 is 0 Å². The van der Waals surface area contributed by atoms with E-state index in [1.807, 2.05) is 6.92 Å². The van der Waals surface area contributed by atoms with Gasteiger partial charge >= 0.3 is 6.18 Å². The summed E-state index contributed by atoms with van der Waals surface area (Å²) in [5.41, 5.74) is -1.23. The fraction of sp³-hybridized carbons (Fsp3) is 0.500. The van der Waals surface area contributed by atoms with Crippen molar-refractivity contribution in [3.8, 4) is 0 Å². The highest BCUT2D eigenvalue weighted by molar-refractivity contribution is 9.10. The number of halogens is 4. The quantitative estimate of drug-likeness (QED) is 0.799. The molecule has 1 heterocycles. The van der Waals surface area contributed by atoms with Crippen LogP contribution >= 0.6 is 15.9 Å². The number of benzene rings is 1. The summed E-state index contributed by atoms with van der Waals surface area (Å²) >= 11 is 3.01. The van der Waals surface area contributed by atoms with Crippen molar-refractivity contribution < 1.29 is 22.7 Å². The molecule has 0 saturated carbocycles. The number of alkyl halides is 3. The van der Waals surface area contributed by atoms with Gasteiger partial charge in [0.25, 0.3) is 5.91 Å². The average molecular weight is 366 g/mol. The minimum atomic E-state index is -4.57. The lowest BCUT2D eigenvalue weighted by Gasteiger charge is -2.35. The fourth-order valence-corrected chi connectivity index (χ4v) is 2.71. The van der Waals surface area contributed by atoms with E-state index >= 15 is 0 Å². The highest BCUT2D eigenvalue weighted by Crippen LogP contribution is 2.34. The third kappa shape index (κ3) is 3.58. The third-order valence-electron chi connectivity index (χ3n) is 3.48. The normalized spacial score (nSPS) is 19.7. The van der Waals surface area contributed by atoms with Crippen LogP contribution in [0.4, 0.5) is 13.2 Å². The molecule has 1 aromatic carbocycles. The number of carbonyl (C=O) groups is 1. The van der Waals surface area contributed by atoms with Crippen molar-refractivity contribution in [3.63, 3.8) is 0 Å². The molecule has 0 N–H and O–H groups in total. The molecule has 1 aliphatic rings. The van der Waals surface area contributed by atoms with Gasteiger partial charge < -0.3 is 9.64 Å². The van der Waals surface area contributed by atoms with Gasteiger partial charge in [-0.15, -0.1) is 0 Å². The van der Waals surface area contributed by atoms with Gasteiger partial charge in [-0.05, 0) is 24.6 Å². The molecule has 21 heavy (non-hydrogen) atoms. The lowest BCUT2D eigenvalue weighted by molar-refractivity contribution is -0.138. The largest absolute Gasteiger partial charge is 0.417 e. The molecule has 1 atom stereocenters. The van der Waals surface area contributed by atoms with Crippen molar-refractivity contribution in [2.75, 3.05) is 19.8 Å². The first-order valence-corrected chi connectivity index (χ1v) is 7.39. The third-order valence-corrected chi connectivity index (χ3v) is 3.97. The molecule has 7 heteroatoms. The summed E-state index contributed by atoms with van der Waals surface area (Å²) in [5, 5.41) is 0. The number of rotatable bonds is 2. The molecule has 1 aliphatic heterocycles. The molecule has 0 radical (unpaired) electrons. The Kier molecular flexibility index (Phi) is 4.93. The van der Waals surface area contributed by atoms with Crippen LogP contribution in [0.2, 0.25) is 0 Å². The van der Waals surface area contributed by atoms with Gasteiger partial charge in [0, 0.05) is 11.0 Å². The second-order valence-corrected chi connectivity index (χ2v) is 5.74. The second kappa shape index (κ2) is 6.36. The summed E-state index contributed by atoms with van der Waals surface area (Å²) in [5.74, 6) is -0.593. The highest BCUT2D eigenvalue weighted by Gasteiger charge is 2.37. The van der Waals surface area contributed by atoms with Crippen LogP contribution in [0, 0.1) is 0 Å². The molecular formula is C14H15BrF3NO2. The van der Waals surface area contributed by atoms with E-state index in [2.05, 4.69) is 15.9 Å². The lowest BCUT2D eigenvalue weighted by Crippen LogP contribution is -2.48. The number of hydrogen-bond donors (Lipinski definition) is 0. The van der Waals surface area contributed by atoms with E-state index in [0.717, 1.165) is 6.07 Å². The Morgan fingerprint density at radius 1 is 1.48 bits per heavy atom. The van der Waals surface area contributed by atoms with E-state index in [0.29, 0.717) is 30.7 Å². The molecular weight excluding hydrogens is 351 g/mol. The number of morpholine rings is 1. The maximum Gasteiger partial charge on any atom is 0.417 e. The summed E-state index contributed by atoms with van der Waals surface area (Å²) in [6.07, 6.45) is -3.92.